The number of amides is 1. The van der Waals surface area contributed by atoms with Gasteiger partial charge in [-0.05, 0) is 25.0 Å². The SMILES string of the molecule is CC[C@@H](C)O[C@H]1c2ccccc2C(=O)N1Cc1ccccc1. The molecule has 0 saturated carbocycles. The smallest absolute Gasteiger partial charge is 0.256 e. The fraction of sp³-hybridized carbons (Fsp3) is 0.316. The molecule has 0 radical (unpaired) electrons. The van der Waals surface area contributed by atoms with Crippen LogP contribution in [0.4, 0.5) is 0 Å². The van der Waals surface area contributed by atoms with Crippen LogP contribution in [0.2, 0.25) is 0 Å². The first-order valence-corrected chi connectivity index (χ1v) is 7.80. The topological polar surface area (TPSA) is 29.5 Å². The summed E-state index contributed by atoms with van der Waals surface area (Å²) in [6, 6.07) is 17.8. The molecule has 3 rings (SSSR count). The molecule has 2 aromatic carbocycles. The second-order valence-electron chi connectivity index (χ2n) is 5.71. The molecular weight excluding hydrogens is 274 g/mol. The molecule has 3 heteroatoms. The Morgan fingerprint density at radius 2 is 1.77 bits per heavy atom. The highest BCUT2D eigenvalue weighted by Crippen LogP contribution is 2.36. The van der Waals surface area contributed by atoms with Gasteiger partial charge < -0.3 is 9.64 Å². The Morgan fingerprint density at radius 3 is 2.50 bits per heavy atom. The number of hydrogen-bond donors (Lipinski definition) is 0. The van der Waals surface area contributed by atoms with E-state index in [-0.39, 0.29) is 18.2 Å². The van der Waals surface area contributed by atoms with Crippen LogP contribution in [-0.4, -0.2) is 16.9 Å². The first-order chi connectivity index (χ1) is 10.7. The van der Waals surface area contributed by atoms with Gasteiger partial charge in [0.05, 0.1) is 6.10 Å². The summed E-state index contributed by atoms with van der Waals surface area (Å²) in [4.78, 5) is 14.6. The number of benzene rings is 2. The van der Waals surface area contributed by atoms with E-state index in [1.807, 2.05) is 66.4 Å². The molecule has 0 spiro atoms. The van der Waals surface area contributed by atoms with Crippen LogP contribution in [0.1, 0.15) is 48.0 Å². The average Bonchev–Trinajstić information content (AvgIpc) is 2.82. The lowest BCUT2D eigenvalue weighted by molar-refractivity contribution is -0.0789. The quantitative estimate of drug-likeness (QED) is 0.829. The largest absolute Gasteiger partial charge is 0.351 e. The number of carbonyl (C=O) groups is 1. The van der Waals surface area contributed by atoms with E-state index in [1.54, 1.807) is 0 Å². The number of ether oxygens (including phenoxy) is 1. The Morgan fingerprint density at radius 1 is 1.09 bits per heavy atom. The van der Waals surface area contributed by atoms with Crippen LogP contribution in [0.5, 0.6) is 0 Å². The average molecular weight is 295 g/mol. The van der Waals surface area contributed by atoms with Crippen molar-refractivity contribution in [2.45, 2.75) is 39.1 Å². The molecule has 1 aliphatic rings. The van der Waals surface area contributed by atoms with Gasteiger partial charge >= 0.3 is 0 Å². The van der Waals surface area contributed by atoms with Crippen molar-refractivity contribution in [2.75, 3.05) is 0 Å². The standard InChI is InChI=1S/C19H21NO2/c1-3-14(2)22-19-17-12-8-7-11-16(17)18(21)20(19)13-15-9-5-4-6-10-15/h4-12,14,19H,3,13H2,1-2H3/t14-,19+/m1/s1. The molecule has 114 valence electrons. The van der Waals surface area contributed by atoms with Gasteiger partial charge in [-0.15, -0.1) is 0 Å². The summed E-state index contributed by atoms with van der Waals surface area (Å²) in [5.74, 6) is 0.0488. The van der Waals surface area contributed by atoms with E-state index in [9.17, 15) is 4.79 Å². The molecule has 0 N–H and O–H groups in total. The number of hydrogen-bond acceptors (Lipinski definition) is 2. The predicted octanol–water partition coefficient (Wildman–Crippen LogP) is 4.16. The molecule has 2 aromatic rings. The summed E-state index contributed by atoms with van der Waals surface area (Å²) < 4.78 is 6.15. The second kappa shape index (κ2) is 6.32. The van der Waals surface area contributed by atoms with Crippen LogP contribution < -0.4 is 0 Å². The van der Waals surface area contributed by atoms with Crippen LogP contribution in [0.25, 0.3) is 0 Å². The molecule has 0 fully saturated rings. The molecule has 1 amide bonds. The molecule has 0 saturated heterocycles. The monoisotopic (exact) mass is 295 g/mol. The van der Waals surface area contributed by atoms with E-state index in [1.165, 1.54) is 0 Å². The van der Waals surface area contributed by atoms with E-state index in [4.69, 9.17) is 4.74 Å². The summed E-state index contributed by atoms with van der Waals surface area (Å²) in [6.07, 6.45) is 0.743. The molecule has 0 aliphatic carbocycles. The Labute approximate surface area is 131 Å². The van der Waals surface area contributed by atoms with Crippen molar-refractivity contribution < 1.29 is 9.53 Å². The van der Waals surface area contributed by atoms with Gasteiger partial charge in [0.1, 0.15) is 0 Å². The van der Waals surface area contributed by atoms with Crippen molar-refractivity contribution in [1.82, 2.24) is 4.90 Å². The first kappa shape index (κ1) is 14.8. The van der Waals surface area contributed by atoms with Gasteiger partial charge in [-0.1, -0.05) is 55.5 Å². The predicted molar refractivity (Wildman–Crippen MR) is 86.3 cm³/mol. The van der Waals surface area contributed by atoms with Gasteiger partial charge in [-0.25, -0.2) is 0 Å². The lowest BCUT2D eigenvalue weighted by atomic mass is 10.1. The van der Waals surface area contributed by atoms with Crippen molar-refractivity contribution in [1.29, 1.82) is 0 Å². The minimum absolute atomic E-state index is 0.0488. The molecule has 0 aromatic heterocycles. The van der Waals surface area contributed by atoms with Gasteiger partial charge in [0.15, 0.2) is 6.23 Å². The van der Waals surface area contributed by atoms with Gasteiger partial charge in [0, 0.05) is 17.7 Å². The van der Waals surface area contributed by atoms with Crippen LogP contribution in [0.15, 0.2) is 54.6 Å². The van der Waals surface area contributed by atoms with Crippen molar-refractivity contribution in [3.8, 4) is 0 Å². The fourth-order valence-electron chi connectivity index (χ4n) is 2.73. The highest BCUT2D eigenvalue weighted by atomic mass is 16.5. The summed E-state index contributed by atoms with van der Waals surface area (Å²) in [6.45, 7) is 4.70. The lowest BCUT2D eigenvalue weighted by Crippen LogP contribution is -2.31. The third kappa shape index (κ3) is 2.77. The molecule has 2 atom stereocenters. The third-order valence-corrected chi connectivity index (χ3v) is 4.13. The van der Waals surface area contributed by atoms with Gasteiger partial charge in [-0.3, -0.25) is 4.79 Å². The molecule has 1 aliphatic heterocycles. The summed E-state index contributed by atoms with van der Waals surface area (Å²) in [5.41, 5.74) is 2.84. The van der Waals surface area contributed by atoms with Crippen molar-refractivity contribution >= 4 is 5.91 Å². The maximum atomic E-state index is 12.7. The maximum Gasteiger partial charge on any atom is 0.256 e. The molecule has 0 bridgehead atoms. The van der Waals surface area contributed by atoms with Crippen molar-refractivity contribution in [3.05, 3.63) is 71.3 Å². The number of nitrogens with zero attached hydrogens (tertiary/aromatic N) is 1. The minimum Gasteiger partial charge on any atom is -0.351 e. The second-order valence-corrected chi connectivity index (χ2v) is 5.71. The highest BCUT2D eigenvalue weighted by Gasteiger charge is 2.37. The summed E-state index contributed by atoms with van der Waals surface area (Å²) >= 11 is 0. The number of fused-ring (bicyclic) bond motifs is 1. The third-order valence-electron chi connectivity index (χ3n) is 4.13. The fourth-order valence-corrected chi connectivity index (χ4v) is 2.73. The molecule has 1 heterocycles. The summed E-state index contributed by atoms with van der Waals surface area (Å²) in [7, 11) is 0. The van der Waals surface area contributed by atoms with Gasteiger partial charge in [0.2, 0.25) is 0 Å². The van der Waals surface area contributed by atoms with E-state index in [0.717, 1.165) is 23.1 Å². The van der Waals surface area contributed by atoms with E-state index >= 15 is 0 Å². The minimum atomic E-state index is -0.293. The Balaban J connectivity index is 1.91. The number of carbonyl (C=O) groups excluding carboxylic acids is 1. The molecular formula is C19H21NO2. The van der Waals surface area contributed by atoms with Gasteiger partial charge in [0.25, 0.3) is 5.91 Å². The molecule has 22 heavy (non-hydrogen) atoms. The molecule has 3 nitrogen and oxygen atoms in total. The normalized spacial score (nSPS) is 18.4. The lowest BCUT2D eigenvalue weighted by Gasteiger charge is -2.28. The van der Waals surface area contributed by atoms with E-state index in [2.05, 4.69) is 6.92 Å². The zero-order valence-electron chi connectivity index (χ0n) is 13.0. The Hall–Kier alpha value is -2.13. The maximum absolute atomic E-state index is 12.7. The van der Waals surface area contributed by atoms with Crippen molar-refractivity contribution in [2.24, 2.45) is 0 Å². The Kier molecular flexibility index (Phi) is 4.25. The van der Waals surface area contributed by atoms with Gasteiger partial charge in [-0.2, -0.15) is 0 Å². The van der Waals surface area contributed by atoms with E-state index < -0.39 is 0 Å². The first-order valence-electron chi connectivity index (χ1n) is 7.80. The highest BCUT2D eigenvalue weighted by molar-refractivity contribution is 5.98. The zero-order valence-corrected chi connectivity index (χ0v) is 13.0. The zero-order chi connectivity index (χ0) is 15.5. The molecule has 0 unspecified atom stereocenters. The van der Waals surface area contributed by atoms with Crippen LogP contribution >= 0.6 is 0 Å². The van der Waals surface area contributed by atoms with Crippen LogP contribution in [0.3, 0.4) is 0 Å². The van der Waals surface area contributed by atoms with E-state index in [0.29, 0.717) is 6.54 Å². The van der Waals surface area contributed by atoms with Crippen LogP contribution in [0, 0.1) is 0 Å². The summed E-state index contributed by atoms with van der Waals surface area (Å²) in [5, 5.41) is 0. The van der Waals surface area contributed by atoms with Crippen LogP contribution in [-0.2, 0) is 11.3 Å². The number of rotatable bonds is 5. The Bertz CT molecular complexity index is 653. The van der Waals surface area contributed by atoms with Crippen molar-refractivity contribution in [3.63, 3.8) is 0 Å².